The minimum Gasteiger partial charge on any atom is -0.467 e. The Morgan fingerprint density at radius 2 is 2.25 bits per heavy atom. The maximum Gasteiger partial charge on any atom is 0.242 e. The lowest BCUT2D eigenvalue weighted by atomic mass is 10.2. The van der Waals surface area contributed by atoms with Gasteiger partial charge in [0.1, 0.15) is 17.6 Å². The standard InChI is InChI=1S/C14H14ClFN2O2/c1-9(14(19)17-8-11-3-2-6-20-11)18-10-4-5-13(16)12(15)7-10/h2-7,9,18H,8H2,1H3,(H,17,19). The Morgan fingerprint density at radius 3 is 2.90 bits per heavy atom. The Balaban J connectivity index is 1.88. The second-order valence-corrected chi connectivity index (χ2v) is 4.70. The first-order valence-corrected chi connectivity index (χ1v) is 6.46. The molecule has 0 spiro atoms. The van der Waals surface area contributed by atoms with E-state index in [1.54, 1.807) is 25.3 Å². The molecule has 0 bridgehead atoms. The molecule has 0 aliphatic carbocycles. The number of hydrogen-bond donors (Lipinski definition) is 2. The van der Waals surface area contributed by atoms with Crippen molar-refractivity contribution in [2.45, 2.75) is 19.5 Å². The van der Waals surface area contributed by atoms with E-state index in [1.165, 1.54) is 18.2 Å². The van der Waals surface area contributed by atoms with Crippen LogP contribution in [0.1, 0.15) is 12.7 Å². The molecule has 1 atom stereocenters. The molecule has 1 unspecified atom stereocenters. The molecule has 2 rings (SSSR count). The topological polar surface area (TPSA) is 54.3 Å². The number of halogens is 2. The lowest BCUT2D eigenvalue weighted by Crippen LogP contribution is -2.37. The highest BCUT2D eigenvalue weighted by molar-refractivity contribution is 6.31. The maximum absolute atomic E-state index is 13.0. The quantitative estimate of drug-likeness (QED) is 0.891. The highest BCUT2D eigenvalue weighted by Crippen LogP contribution is 2.19. The number of rotatable bonds is 5. The summed E-state index contributed by atoms with van der Waals surface area (Å²) in [5.74, 6) is -0.00985. The molecule has 0 aliphatic heterocycles. The Morgan fingerprint density at radius 1 is 1.45 bits per heavy atom. The fourth-order valence-electron chi connectivity index (χ4n) is 1.64. The van der Waals surface area contributed by atoms with Crippen molar-refractivity contribution in [3.8, 4) is 0 Å². The first kappa shape index (κ1) is 14.4. The van der Waals surface area contributed by atoms with E-state index in [-0.39, 0.29) is 10.9 Å². The Labute approximate surface area is 120 Å². The fraction of sp³-hybridized carbons (Fsp3) is 0.214. The summed E-state index contributed by atoms with van der Waals surface area (Å²) in [7, 11) is 0. The summed E-state index contributed by atoms with van der Waals surface area (Å²) < 4.78 is 18.1. The number of anilines is 1. The van der Waals surface area contributed by atoms with Crippen LogP contribution in [-0.2, 0) is 11.3 Å². The van der Waals surface area contributed by atoms with E-state index < -0.39 is 11.9 Å². The number of furan rings is 1. The zero-order valence-electron chi connectivity index (χ0n) is 10.8. The van der Waals surface area contributed by atoms with Gasteiger partial charge >= 0.3 is 0 Å². The number of nitrogens with one attached hydrogen (secondary N) is 2. The van der Waals surface area contributed by atoms with Crippen molar-refractivity contribution in [3.05, 3.63) is 53.2 Å². The highest BCUT2D eigenvalue weighted by Gasteiger charge is 2.13. The zero-order valence-corrected chi connectivity index (χ0v) is 11.6. The van der Waals surface area contributed by atoms with Gasteiger partial charge in [-0.25, -0.2) is 4.39 Å². The van der Waals surface area contributed by atoms with Crippen LogP contribution in [0.4, 0.5) is 10.1 Å². The number of carbonyl (C=O) groups is 1. The minimum atomic E-state index is -0.493. The van der Waals surface area contributed by atoms with Gasteiger partial charge in [-0.2, -0.15) is 0 Å². The molecular weight excluding hydrogens is 283 g/mol. The minimum absolute atomic E-state index is 0.0122. The Hall–Kier alpha value is -2.01. The van der Waals surface area contributed by atoms with Crippen molar-refractivity contribution in [1.82, 2.24) is 5.32 Å². The smallest absolute Gasteiger partial charge is 0.242 e. The molecule has 106 valence electrons. The molecule has 0 radical (unpaired) electrons. The van der Waals surface area contributed by atoms with E-state index in [9.17, 15) is 9.18 Å². The van der Waals surface area contributed by atoms with Gasteiger partial charge in [-0.15, -0.1) is 0 Å². The van der Waals surface area contributed by atoms with E-state index >= 15 is 0 Å². The fourth-order valence-corrected chi connectivity index (χ4v) is 1.82. The number of hydrogen-bond acceptors (Lipinski definition) is 3. The molecule has 0 saturated carbocycles. The third-order valence-electron chi connectivity index (χ3n) is 2.71. The van der Waals surface area contributed by atoms with Crippen molar-refractivity contribution in [2.75, 3.05) is 5.32 Å². The van der Waals surface area contributed by atoms with Crippen LogP contribution in [0.3, 0.4) is 0 Å². The van der Waals surface area contributed by atoms with Crippen LogP contribution in [0.5, 0.6) is 0 Å². The zero-order chi connectivity index (χ0) is 14.5. The van der Waals surface area contributed by atoms with Gasteiger partial charge < -0.3 is 15.1 Å². The molecular formula is C14H14ClFN2O2. The summed E-state index contributed by atoms with van der Waals surface area (Å²) in [5, 5.41) is 5.69. The molecule has 1 amide bonds. The Bertz CT molecular complexity index is 587. The monoisotopic (exact) mass is 296 g/mol. The van der Waals surface area contributed by atoms with E-state index in [2.05, 4.69) is 10.6 Å². The molecule has 1 aromatic heterocycles. The number of carbonyl (C=O) groups excluding carboxylic acids is 1. The third-order valence-corrected chi connectivity index (χ3v) is 3.00. The van der Waals surface area contributed by atoms with Crippen LogP contribution in [0.2, 0.25) is 5.02 Å². The summed E-state index contributed by atoms with van der Waals surface area (Å²) in [6, 6.07) is 7.26. The summed E-state index contributed by atoms with van der Waals surface area (Å²) >= 11 is 5.68. The van der Waals surface area contributed by atoms with Gasteiger partial charge in [0, 0.05) is 5.69 Å². The summed E-state index contributed by atoms with van der Waals surface area (Å²) in [6.45, 7) is 2.02. The lowest BCUT2D eigenvalue weighted by Gasteiger charge is -2.15. The van der Waals surface area contributed by atoms with Gasteiger partial charge in [-0.05, 0) is 37.3 Å². The van der Waals surface area contributed by atoms with Gasteiger partial charge in [0.05, 0.1) is 17.8 Å². The molecule has 0 saturated heterocycles. The van der Waals surface area contributed by atoms with E-state index in [0.29, 0.717) is 18.0 Å². The predicted molar refractivity (Wildman–Crippen MR) is 75.0 cm³/mol. The molecule has 20 heavy (non-hydrogen) atoms. The van der Waals surface area contributed by atoms with Crippen molar-refractivity contribution in [2.24, 2.45) is 0 Å². The molecule has 0 fully saturated rings. The van der Waals surface area contributed by atoms with Crippen LogP contribution in [0, 0.1) is 5.82 Å². The van der Waals surface area contributed by atoms with E-state index in [4.69, 9.17) is 16.0 Å². The van der Waals surface area contributed by atoms with Crippen LogP contribution < -0.4 is 10.6 Å². The summed E-state index contributed by atoms with van der Waals surface area (Å²) in [6.07, 6.45) is 1.55. The summed E-state index contributed by atoms with van der Waals surface area (Å²) in [5.41, 5.74) is 0.581. The van der Waals surface area contributed by atoms with Crippen LogP contribution >= 0.6 is 11.6 Å². The molecule has 4 nitrogen and oxygen atoms in total. The van der Waals surface area contributed by atoms with Crippen LogP contribution in [-0.4, -0.2) is 11.9 Å². The second-order valence-electron chi connectivity index (χ2n) is 4.29. The summed E-state index contributed by atoms with van der Waals surface area (Å²) in [4.78, 5) is 11.9. The van der Waals surface area contributed by atoms with Crippen molar-refractivity contribution >= 4 is 23.2 Å². The Kier molecular flexibility index (Phi) is 4.63. The average Bonchev–Trinajstić information content (AvgIpc) is 2.93. The normalized spacial score (nSPS) is 11.9. The van der Waals surface area contributed by atoms with E-state index in [1.807, 2.05) is 0 Å². The molecule has 1 heterocycles. The SMILES string of the molecule is CC(Nc1ccc(F)c(Cl)c1)C(=O)NCc1ccco1. The molecule has 2 aromatic rings. The van der Waals surface area contributed by atoms with Gasteiger partial charge in [-0.3, -0.25) is 4.79 Å². The van der Waals surface area contributed by atoms with E-state index in [0.717, 1.165) is 0 Å². The van der Waals surface area contributed by atoms with Crippen LogP contribution in [0.25, 0.3) is 0 Å². The second kappa shape index (κ2) is 6.43. The van der Waals surface area contributed by atoms with Gasteiger partial charge in [0.25, 0.3) is 0 Å². The van der Waals surface area contributed by atoms with Crippen molar-refractivity contribution < 1.29 is 13.6 Å². The first-order chi connectivity index (χ1) is 9.56. The first-order valence-electron chi connectivity index (χ1n) is 6.08. The van der Waals surface area contributed by atoms with Crippen molar-refractivity contribution in [3.63, 3.8) is 0 Å². The lowest BCUT2D eigenvalue weighted by molar-refractivity contribution is -0.121. The largest absolute Gasteiger partial charge is 0.467 e. The average molecular weight is 297 g/mol. The van der Waals surface area contributed by atoms with Crippen molar-refractivity contribution in [1.29, 1.82) is 0 Å². The maximum atomic E-state index is 13.0. The highest BCUT2D eigenvalue weighted by atomic mass is 35.5. The number of benzene rings is 1. The van der Waals surface area contributed by atoms with Gasteiger partial charge in [-0.1, -0.05) is 11.6 Å². The van der Waals surface area contributed by atoms with Gasteiger partial charge in [0.15, 0.2) is 0 Å². The molecule has 1 aromatic carbocycles. The van der Waals surface area contributed by atoms with Gasteiger partial charge in [0.2, 0.25) is 5.91 Å². The van der Waals surface area contributed by atoms with Crippen LogP contribution in [0.15, 0.2) is 41.0 Å². The number of amides is 1. The molecule has 0 aliphatic rings. The predicted octanol–water partition coefficient (Wildman–Crippen LogP) is 3.19. The molecule has 6 heteroatoms. The molecule has 2 N–H and O–H groups in total. The third kappa shape index (κ3) is 3.74.